The van der Waals surface area contributed by atoms with Gasteiger partial charge in [0.25, 0.3) is 11.2 Å². The Morgan fingerprint density at radius 3 is 2.74 bits per heavy atom. The van der Waals surface area contributed by atoms with E-state index in [0.717, 1.165) is 0 Å². The first-order valence-electron chi connectivity index (χ1n) is 6.52. The number of rotatable bonds is 4. The monoisotopic (exact) mass is 310 g/mol. The van der Waals surface area contributed by atoms with Crippen LogP contribution in [0.15, 0.2) is 63.8 Å². The average Bonchev–Trinajstić information content (AvgIpc) is 2.95. The molecule has 0 amide bonds. The van der Waals surface area contributed by atoms with E-state index in [1.807, 2.05) is 0 Å². The Labute approximate surface area is 128 Å². The summed E-state index contributed by atoms with van der Waals surface area (Å²) >= 11 is 0. The molecule has 0 atom stereocenters. The van der Waals surface area contributed by atoms with E-state index in [-0.39, 0.29) is 17.1 Å². The zero-order valence-corrected chi connectivity index (χ0v) is 11.6. The third-order valence-electron chi connectivity index (χ3n) is 3.01. The lowest BCUT2D eigenvalue weighted by atomic mass is 10.2. The Balaban J connectivity index is 1.98. The second-order valence-electron chi connectivity index (χ2n) is 4.52. The maximum absolute atomic E-state index is 11.8. The van der Waals surface area contributed by atoms with Crippen molar-refractivity contribution < 1.29 is 4.92 Å². The summed E-state index contributed by atoms with van der Waals surface area (Å²) in [4.78, 5) is 26.0. The number of nitro benzene ring substituents is 1. The molecule has 9 heteroatoms. The minimum absolute atomic E-state index is 0.0736. The second-order valence-corrected chi connectivity index (χ2v) is 4.52. The van der Waals surface area contributed by atoms with E-state index >= 15 is 0 Å². The summed E-state index contributed by atoms with van der Waals surface area (Å²) in [6.45, 7) is 0. The Morgan fingerprint density at radius 2 is 2.00 bits per heavy atom. The van der Waals surface area contributed by atoms with Crippen LogP contribution in [-0.2, 0) is 0 Å². The van der Waals surface area contributed by atoms with Gasteiger partial charge in [0.2, 0.25) is 0 Å². The lowest BCUT2D eigenvalue weighted by molar-refractivity contribution is -0.384. The van der Waals surface area contributed by atoms with Crippen LogP contribution in [-0.4, -0.2) is 20.1 Å². The molecule has 0 aliphatic heterocycles. The number of hydrogen-bond donors (Lipinski definition) is 2. The Hall–Kier alpha value is -3.62. The molecule has 2 heterocycles. The van der Waals surface area contributed by atoms with Gasteiger partial charge in [-0.3, -0.25) is 30.1 Å². The fourth-order valence-corrected chi connectivity index (χ4v) is 1.94. The van der Waals surface area contributed by atoms with E-state index in [4.69, 9.17) is 0 Å². The number of hydrogen-bond acceptors (Lipinski definition) is 6. The maximum Gasteiger partial charge on any atom is 0.292 e. The van der Waals surface area contributed by atoms with Crippen LogP contribution in [0.1, 0.15) is 0 Å². The molecule has 0 fully saturated rings. The van der Waals surface area contributed by atoms with Crippen molar-refractivity contribution in [2.75, 3.05) is 0 Å². The third-order valence-corrected chi connectivity index (χ3v) is 3.01. The fraction of sp³-hybridized carbons (Fsp3) is 0. The smallest absolute Gasteiger partial charge is 0.292 e. The second kappa shape index (κ2) is 6.02. The molecule has 23 heavy (non-hydrogen) atoms. The largest absolute Gasteiger partial charge is 0.295 e. The summed E-state index contributed by atoms with van der Waals surface area (Å²) in [5.41, 5.74) is 0.910. The number of azo groups is 1. The Bertz CT molecular complexity index is 929. The van der Waals surface area contributed by atoms with Crippen molar-refractivity contribution in [3.05, 3.63) is 69.3 Å². The standard InChI is InChI=1S/C14H10N6O3/c21-14-13(12(17-19-14)9-3-2-6-15-8-9)18-16-10-4-1-5-11(7-10)20(22)23/h1-8H,(H2,17,19,21). The molecule has 0 unspecified atom stereocenters. The predicted octanol–water partition coefficient (Wildman–Crippen LogP) is 3.09. The maximum atomic E-state index is 11.8. The van der Waals surface area contributed by atoms with Gasteiger partial charge in [-0.25, -0.2) is 0 Å². The van der Waals surface area contributed by atoms with Crippen molar-refractivity contribution in [2.45, 2.75) is 0 Å². The van der Waals surface area contributed by atoms with Gasteiger partial charge in [-0.15, -0.1) is 5.11 Å². The number of nitro groups is 1. The first-order valence-corrected chi connectivity index (χ1v) is 6.52. The van der Waals surface area contributed by atoms with E-state index < -0.39 is 10.5 Å². The Morgan fingerprint density at radius 1 is 1.13 bits per heavy atom. The van der Waals surface area contributed by atoms with Gasteiger partial charge in [0.15, 0.2) is 5.69 Å². The molecular weight excluding hydrogens is 300 g/mol. The number of nitrogens with zero attached hydrogens (tertiary/aromatic N) is 4. The fourth-order valence-electron chi connectivity index (χ4n) is 1.94. The highest BCUT2D eigenvalue weighted by atomic mass is 16.6. The molecule has 3 rings (SSSR count). The van der Waals surface area contributed by atoms with Crippen molar-refractivity contribution in [1.82, 2.24) is 15.2 Å². The highest BCUT2D eigenvalue weighted by molar-refractivity contribution is 5.70. The summed E-state index contributed by atoms with van der Waals surface area (Å²) < 4.78 is 0. The lowest BCUT2D eigenvalue weighted by Crippen LogP contribution is -1.96. The summed E-state index contributed by atoms with van der Waals surface area (Å²) in [5.74, 6) is 0. The first-order chi connectivity index (χ1) is 11.1. The summed E-state index contributed by atoms with van der Waals surface area (Å²) in [7, 11) is 0. The number of aromatic amines is 2. The molecule has 1 aromatic carbocycles. The van der Waals surface area contributed by atoms with Crippen molar-refractivity contribution in [3.63, 3.8) is 0 Å². The van der Waals surface area contributed by atoms with Crippen molar-refractivity contribution in [2.24, 2.45) is 10.2 Å². The van der Waals surface area contributed by atoms with Crippen LogP contribution in [0.5, 0.6) is 0 Å². The number of H-pyrrole nitrogens is 2. The highest BCUT2D eigenvalue weighted by Crippen LogP contribution is 2.26. The van der Waals surface area contributed by atoms with Gasteiger partial charge in [0, 0.05) is 30.1 Å². The molecule has 0 aliphatic carbocycles. The highest BCUT2D eigenvalue weighted by Gasteiger charge is 2.12. The molecule has 3 aromatic rings. The number of pyridine rings is 1. The van der Waals surface area contributed by atoms with Crippen LogP contribution in [0, 0.1) is 10.1 Å². The molecule has 0 saturated heterocycles. The van der Waals surface area contributed by atoms with Crippen LogP contribution in [0.3, 0.4) is 0 Å². The number of aromatic nitrogens is 3. The molecular formula is C14H10N6O3. The van der Waals surface area contributed by atoms with Crippen LogP contribution in [0.25, 0.3) is 11.3 Å². The normalized spacial score (nSPS) is 11.0. The molecule has 9 nitrogen and oxygen atoms in total. The molecule has 0 bridgehead atoms. The Kier molecular flexibility index (Phi) is 3.75. The third kappa shape index (κ3) is 3.02. The number of benzene rings is 1. The number of non-ortho nitro benzene ring substituents is 1. The van der Waals surface area contributed by atoms with Gasteiger partial charge in [0.05, 0.1) is 16.3 Å². The molecule has 0 saturated carbocycles. The van der Waals surface area contributed by atoms with Gasteiger partial charge in [-0.2, -0.15) is 5.11 Å². The van der Waals surface area contributed by atoms with E-state index in [9.17, 15) is 14.9 Å². The quantitative estimate of drug-likeness (QED) is 0.435. The van der Waals surface area contributed by atoms with Gasteiger partial charge in [-0.1, -0.05) is 6.07 Å². The molecule has 0 radical (unpaired) electrons. The van der Waals surface area contributed by atoms with Gasteiger partial charge in [-0.05, 0) is 18.2 Å². The van der Waals surface area contributed by atoms with Gasteiger partial charge in [0.1, 0.15) is 0 Å². The van der Waals surface area contributed by atoms with Crippen molar-refractivity contribution >= 4 is 17.1 Å². The summed E-state index contributed by atoms with van der Waals surface area (Å²) in [6, 6.07) is 9.16. The minimum Gasteiger partial charge on any atom is -0.295 e. The van der Waals surface area contributed by atoms with E-state index in [0.29, 0.717) is 11.3 Å². The van der Waals surface area contributed by atoms with E-state index in [1.165, 1.54) is 18.2 Å². The van der Waals surface area contributed by atoms with Gasteiger partial charge >= 0.3 is 0 Å². The molecule has 2 aromatic heterocycles. The first kappa shape index (κ1) is 14.3. The zero-order valence-electron chi connectivity index (χ0n) is 11.6. The predicted molar refractivity (Wildman–Crippen MR) is 81.9 cm³/mol. The van der Waals surface area contributed by atoms with Crippen LogP contribution < -0.4 is 5.56 Å². The zero-order chi connectivity index (χ0) is 16.2. The molecule has 0 spiro atoms. The number of nitrogens with one attached hydrogen (secondary N) is 2. The minimum atomic E-state index is -0.525. The molecule has 114 valence electrons. The molecule has 0 aliphatic rings. The SMILES string of the molecule is O=c1[nH][nH]c(-c2cccnc2)c1N=Nc1cccc([N+](=O)[O-])c1. The van der Waals surface area contributed by atoms with Crippen molar-refractivity contribution in [3.8, 4) is 11.3 Å². The lowest BCUT2D eigenvalue weighted by Gasteiger charge is -1.97. The summed E-state index contributed by atoms with van der Waals surface area (Å²) in [6.07, 6.45) is 3.18. The topological polar surface area (TPSA) is 129 Å². The van der Waals surface area contributed by atoms with Crippen LogP contribution in [0.2, 0.25) is 0 Å². The van der Waals surface area contributed by atoms with Gasteiger partial charge < -0.3 is 0 Å². The average molecular weight is 310 g/mol. The van der Waals surface area contributed by atoms with Crippen LogP contribution in [0.4, 0.5) is 17.1 Å². The van der Waals surface area contributed by atoms with E-state index in [1.54, 1.807) is 30.6 Å². The summed E-state index contributed by atoms with van der Waals surface area (Å²) in [5, 5.41) is 23.7. The van der Waals surface area contributed by atoms with Crippen molar-refractivity contribution in [1.29, 1.82) is 0 Å². The van der Waals surface area contributed by atoms with E-state index in [2.05, 4.69) is 25.4 Å². The van der Waals surface area contributed by atoms with Crippen LogP contribution >= 0.6 is 0 Å². The molecule has 2 N–H and O–H groups in total.